The lowest BCUT2D eigenvalue weighted by Crippen LogP contribution is -2.39. The predicted molar refractivity (Wildman–Crippen MR) is 108 cm³/mol. The standard InChI is InChI=1S/C19H20N4O6S/c24-23(25)18-17(21-5-9-28-15(11-21)13-3-1-7-26-13)20-19(30-18)22-6-10-29-16(12-22)14-4-2-8-27-14/h1-4,7-8,15-16H,5-6,9-12H2. The van der Waals surface area contributed by atoms with E-state index in [9.17, 15) is 10.1 Å². The Morgan fingerprint density at radius 2 is 1.60 bits per heavy atom. The fraction of sp³-hybridized carbons (Fsp3) is 0.421. The van der Waals surface area contributed by atoms with Gasteiger partial charge in [0.05, 0.1) is 43.8 Å². The first-order valence-electron chi connectivity index (χ1n) is 9.64. The van der Waals surface area contributed by atoms with E-state index in [2.05, 4.69) is 4.98 Å². The highest BCUT2D eigenvalue weighted by Crippen LogP contribution is 2.41. The molecule has 158 valence electrons. The van der Waals surface area contributed by atoms with Gasteiger partial charge in [0.2, 0.25) is 5.82 Å². The highest BCUT2D eigenvalue weighted by Gasteiger charge is 2.34. The van der Waals surface area contributed by atoms with Gasteiger partial charge >= 0.3 is 5.00 Å². The smallest absolute Gasteiger partial charge is 0.369 e. The van der Waals surface area contributed by atoms with Gasteiger partial charge in [0, 0.05) is 13.1 Å². The molecule has 11 heteroatoms. The SMILES string of the molecule is O=[N+]([O-])c1sc(N2CCOC(c3ccco3)C2)nc1N1CCOC(c2ccco2)C1. The molecule has 0 spiro atoms. The van der Waals surface area contributed by atoms with E-state index in [0.717, 1.165) is 17.1 Å². The van der Waals surface area contributed by atoms with Crippen LogP contribution in [-0.2, 0) is 9.47 Å². The zero-order chi connectivity index (χ0) is 20.5. The van der Waals surface area contributed by atoms with Crippen molar-refractivity contribution in [3.05, 3.63) is 58.4 Å². The van der Waals surface area contributed by atoms with E-state index in [-0.39, 0.29) is 22.1 Å². The molecule has 0 amide bonds. The number of ether oxygens (including phenoxy) is 2. The van der Waals surface area contributed by atoms with Crippen molar-refractivity contribution in [2.75, 3.05) is 49.2 Å². The number of anilines is 2. The average molecular weight is 432 g/mol. The maximum absolute atomic E-state index is 11.8. The number of hydrogen-bond acceptors (Lipinski definition) is 10. The maximum atomic E-state index is 11.8. The molecule has 3 aromatic rings. The molecule has 3 aromatic heterocycles. The Kier molecular flexibility index (Phi) is 5.15. The summed E-state index contributed by atoms with van der Waals surface area (Å²) in [5.41, 5.74) is 0. The third-order valence-electron chi connectivity index (χ3n) is 5.17. The van der Waals surface area contributed by atoms with E-state index in [1.54, 1.807) is 18.6 Å². The molecular formula is C19H20N4O6S. The van der Waals surface area contributed by atoms with E-state index >= 15 is 0 Å². The molecule has 2 aliphatic rings. The average Bonchev–Trinajstić information content (AvgIpc) is 3.55. The minimum atomic E-state index is -0.363. The van der Waals surface area contributed by atoms with E-state index in [1.165, 1.54) is 0 Å². The molecule has 5 rings (SSSR count). The van der Waals surface area contributed by atoms with Crippen LogP contribution in [0.5, 0.6) is 0 Å². The second kappa shape index (κ2) is 8.09. The molecule has 2 saturated heterocycles. The Bertz CT molecular complexity index is 989. The van der Waals surface area contributed by atoms with Gasteiger partial charge in [-0.05, 0) is 35.6 Å². The molecule has 2 atom stereocenters. The minimum absolute atomic E-state index is 0.0335. The molecule has 0 bridgehead atoms. The lowest BCUT2D eigenvalue weighted by molar-refractivity contribution is -0.379. The van der Waals surface area contributed by atoms with Crippen LogP contribution in [0.15, 0.2) is 45.6 Å². The normalized spacial score (nSPS) is 22.4. The molecule has 30 heavy (non-hydrogen) atoms. The van der Waals surface area contributed by atoms with Gasteiger partial charge in [-0.25, -0.2) is 0 Å². The Balaban J connectivity index is 1.39. The number of morpholine rings is 2. The third kappa shape index (κ3) is 3.66. The molecule has 10 nitrogen and oxygen atoms in total. The largest absolute Gasteiger partial charge is 0.467 e. The summed E-state index contributed by atoms with van der Waals surface area (Å²) in [5.74, 6) is 1.81. The second-order valence-corrected chi connectivity index (χ2v) is 7.98. The van der Waals surface area contributed by atoms with Crippen molar-refractivity contribution in [2.24, 2.45) is 0 Å². The van der Waals surface area contributed by atoms with Crippen molar-refractivity contribution >= 4 is 27.3 Å². The summed E-state index contributed by atoms with van der Waals surface area (Å²) in [4.78, 5) is 20.0. The number of furan rings is 2. The van der Waals surface area contributed by atoms with E-state index < -0.39 is 0 Å². The van der Waals surface area contributed by atoms with Gasteiger partial charge < -0.3 is 28.1 Å². The molecule has 2 aliphatic heterocycles. The zero-order valence-corrected chi connectivity index (χ0v) is 16.8. The maximum Gasteiger partial charge on any atom is 0.369 e. The highest BCUT2D eigenvalue weighted by atomic mass is 32.1. The number of nitro groups is 1. The quantitative estimate of drug-likeness (QED) is 0.443. The topological polar surface area (TPSA) is 107 Å². The summed E-state index contributed by atoms with van der Waals surface area (Å²) in [5, 5.41) is 12.4. The number of hydrogen-bond donors (Lipinski definition) is 0. The van der Waals surface area contributed by atoms with Crippen LogP contribution in [0, 0.1) is 10.1 Å². The summed E-state index contributed by atoms with van der Waals surface area (Å²) in [7, 11) is 0. The van der Waals surface area contributed by atoms with Crippen molar-refractivity contribution in [1.82, 2.24) is 4.98 Å². The summed E-state index contributed by atoms with van der Waals surface area (Å²) in [6.07, 6.45) is 2.68. The van der Waals surface area contributed by atoms with Crippen LogP contribution in [-0.4, -0.2) is 49.3 Å². The Labute approximate surface area is 175 Å². The Morgan fingerprint density at radius 1 is 1.00 bits per heavy atom. The van der Waals surface area contributed by atoms with Gasteiger partial charge in [0.15, 0.2) is 5.13 Å². The van der Waals surface area contributed by atoms with Gasteiger partial charge in [-0.2, -0.15) is 4.98 Å². The van der Waals surface area contributed by atoms with Crippen LogP contribution in [0.25, 0.3) is 0 Å². The van der Waals surface area contributed by atoms with Crippen LogP contribution < -0.4 is 9.80 Å². The molecule has 0 aliphatic carbocycles. The van der Waals surface area contributed by atoms with Crippen molar-refractivity contribution in [3.63, 3.8) is 0 Å². The number of nitrogens with zero attached hydrogens (tertiary/aromatic N) is 4. The predicted octanol–water partition coefficient (Wildman–Crippen LogP) is 3.39. The number of thiazole rings is 1. The van der Waals surface area contributed by atoms with Crippen molar-refractivity contribution in [3.8, 4) is 0 Å². The molecule has 0 N–H and O–H groups in total. The summed E-state index contributed by atoms with van der Waals surface area (Å²) >= 11 is 1.09. The molecule has 0 radical (unpaired) electrons. The van der Waals surface area contributed by atoms with Gasteiger partial charge in [-0.3, -0.25) is 10.1 Å². The monoisotopic (exact) mass is 432 g/mol. The molecule has 0 saturated carbocycles. The lowest BCUT2D eigenvalue weighted by Gasteiger charge is -2.32. The highest BCUT2D eigenvalue weighted by molar-refractivity contribution is 7.19. The van der Waals surface area contributed by atoms with Crippen LogP contribution in [0.1, 0.15) is 23.7 Å². The van der Waals surface area contributed by atoms with Crippen LogP contribution >= 0.6 is 11.3 Å². The Hall–Kier alpha value is -2.89. The first-order valence-corrected chi connectivity index (χ1v) is 10.5. The molecule has 2 unspecified atom stereocenters. The van der Waals surface area contributed by atoms with Gasteiger partial charge in [-0.15, -0.1) is 0 Å². The Morgan fingerprint density at radius 3 is 2.17 bits per heavy atom. The third-order valence-corrected chi connectivity index (χ3v) is 6.23. The van der Waals surface area contributed by atoms with Gasteiger partial charge in [0.25, 0.3) is 0 Å². The molecule has 0 aromatic carbocycles. The fourth-order valence-electron chi connectivity index (χ4n) is 3.71. The van der Waals surface area contributed by atoms with Crippen molar-refractivity contribution in [1.29, 1.82) is 0 Å². The van der Waals surface area contributed by atoms with Gasteiger partial charge in [-0.1, -0.05) is 0 Å². The molecule has 2 fully saturated rings. The van der Waals surface area contributed by atoms with E-state index in [0.29, 0.717) is 56.1 Å². The first-order chi connectivity index (χ1) is 14.7. The number of rotatable bonds is 5. The second-order valence-electron chi connectivity index (χ2n) is 7.02. The fourth-order valence-corrected chi connectivity index (χ4v) is 4.65. The van der Waals surface area contributed by atoms with Crippen LogP contribution in [0.4, 0.5) is 16.0 Å². The van der Waals surface area contributed by atoms with E-state index in [1.807, 2.05) is 28.0 Å². The molecular weight excluding hydrogens is 412 g/mol. The summed E-state index contributed by atoms with van der Waals surface area (Å²) in [6, 6.07) is 7.33. The summed E-state index contributed by atoms with van der Waals surface area (Å²) in [6.45, 7) is 3.03. The van der Waals surface area contributed by atoms with Crippen LogP contribution in [0.3, 0.4) is 0 Å². The van der Waals surface area contributed by atoms with Crippen LogP contribution in [0.2, 0.25) is 0 Å². The van der Waals surface area contributed by atoms with E-state index in [4.69, 9.17) is 18.3 Å². The number of aromatic nitrogens is 1. The van der Waals surface area contributed by atoms with Crippen molar-refractivity contribution < 1.29 is 23.2 Å². The minimum Gasteiger partial charge on any atom is -0.467 e. The first kappa shape index (κ1) is 19.1. The molecule has 5 heterocycles. The lowest BCUT2D eigenvalue weighted by atomic mass is 10.2. The van der Waals surface area contributed by atoms with Crippen molar-refractivity contribution in [2.45, 2.75) is 12.2 Å². The summed E-state index contributed by atoms with van der Waals surface area (Å²) < 4.78 is 22.5. The zero-order valence-electron chi connectivity index (χ0n) is 16.0. The van der Waals surface area contributed by atoms with Gasteiger partial charge in [0.1, 0.15) is 23.7 Å².